The van der Waals surface area contributed by atoms with Gasteiger partial charge in [0, 0.05) is 35.7 Å². The average Bonchev–Trinajstić information content (AvgIpc) is 3.17. The fourth-order valence-corrected chi connectivity index (χ4v) is 10.4. The van der Waals surface area contributed by atoms with Gasteiger partial charge in [0.05, 0.1) is 23.6 Å². The van der Waals surface area contributed by atoms with Gasteiger partial charge < -0.3 is 19.2 Å². The number of carbonyl (C=O) groups excluding carboxylic acids is 1. The maximum atomic E-state index is 13.6. The van der Waals surface area contributed by atoms with Gasteiger partial charge in [0.15, 0.2) is 8.32 Å². The van der Waals surface area contributed by atoms with Gasteiger partial charge in [-0.3, -0.25) is 4.79 Å². The maximum absolute atomic E-state index is 13.6. The van der Waals surface area contributed by atoms with Gasteiger partial charge in [-0.15, -0.1) is 0 Å². The molecule has 2 aromatic rings. The highest BCUT2D eigenvalue weighted by molar-refractivity contribution is 7.90. The fourth-order valence-electron chi connectivity index (χ4n) is 8.04. The Morgan fingerprint density at radius 3 is 2.64 bits per heavy atom. The topological polar surface area (TPSA) is 105 Å². The Morgan fingerprint density at radius 1 is 1.14 bits per heavy atom. The van der Waals surface area contributed by atoms with Crippen molar-refractivity contribution in [1.82, 2.24) is 4.72 Å². The summed E-state index contributed by atoms with van der Waals surface area (Å²) in [5.41, 5.74) is 3.28. The smallest absolute Gasteiger partial charge is 0.264 e. The zero-order chi connectivity index (χ0) is 36.1. The summed E-state index contributed by atoms with van der Waals surface area (Å²) >= 11 is 6.43. The second kappa shape index (κ2) is 14.2. The molecule has 1 fully saturated rings. The third-order valence-electron chi connectivity index (χ3n) is 12.4. The first-order chi connectivity index (χ1) is 23.5. The molecule has 1 saturated carbocycles. The van der Waals surface area contributed by atoms with Crippen LogP contribution in [0.25, 0.3) is 0 Å². The van der Waals surface area contributed by atoms with E-state index in [-0.39, 0.29) is 33.8 Å². The van der Waals surface area contributed by atoms with E-state index < -0.39 is 35.6 Å². The van der Waals surface area contributed by atoms with Crippen molar-refractivity contribution >= 4 is 41.5 Å². The minimum absolute atomic E-state index is 0.0605. The summed E-state index contributed by atoms with van der Waals surface area (Å²) in [5.74, 6) is 0.216. The number of halogens is 1. The van der Waals surface area contributed by atoms with E-state index in [9.17, 15) is 18.3 Å². The molecule has 0 saturated heterocycles. The number of rotatable bonds is 4. The largest absolute Gasteiger partial charge is 0.490 e. The Balaban J connectivity index is 1.33. The molecule has 2 heterocycles. The van der Waals surface area contributed by atoms with Crippen LogP contribution in [0.1, 0.15) is 87.7 Å². The van der Waals surface area contributed by atoms with Crippen molar-refractivity contribution in [2.75, 3.05) is 31.2 Å². The van der Waals surface area contributed by atoms with Crippen molar-refractivity contribution in [3.8, 4) is 5.75 Å². The van der Waals surface area contributed by atoms with Gasteiger partial charge in [-0.05, 0) is 129 Å². The predicted octanol–water partition coefficient (Wildman–Crippen LogP) is 7.64. The molecule has 0 radical (unpaired) electrons. The number of sulfonamides is 1. The Kier molecular flexibility index (Phi) is 10.6. The molecular formula is C39H55ClN2O6SSi. The number of nitrogens with one attached hydrogen (secondary N) is 1. The molecule has 2 aliphatic heterocycles. The number of aliphatic hydroxyl groups excluding tert-OH is 1. The quantitative estimate of drug-likeness (QED) is 0.245. The van der Waals surface area contributed by atoms with E-state index in [4.69, 9.17) is 20.8 Å². The third kappa shape index (κ3) is 7.70. The van der Waals surface area contributed by atoms with Gasteiger partial charge in [0.2, 0.25) is 10.0 Å². The molecule has 2 bridgehead atoms. The highest BCUT2D eigenvalue weighted by atomic mass is 35.5. The number of allylic oxidation sites excluding steroid dienone is 1. The van der Waals surface area contributed by atoms with Crippen LogP contribution in [0.4, 0.5) is 5.69 Å². The maximum Gasteiger partial charge on any atom is 0.264 e. The van der Waals surface area contributed by atoms with Crippen LogP contribution in [0.2, 0.25) is 23.2 Å². The van der Waals surface area contributed by atoms with Crippen LogP contribution in [0.3, 0.4) is 0 Å². The van der Waals surface area contributed by atoms with E-state index in [1.165, 1.54) is 11.1 Å². The van der Waals surface area contributed by atoms with Crippen LogP contribution >= 0.6 is 11.6 Å². The van der Waals surface area contributed by atoms with Gasteiger partial charge in [0.25, 0.3) is 5.91 Å². The molecule has 2 aromatic carbocycles. The van der Waals surface area contributed by atoms with E-state index in [0.29, 0.717) is 44.9 Å². The standard InChI is InChI=1S/C39H55ClN2O6SSi/c1-26-20-27(17-19-48-50(5,6)38(2,3)4)9-15-35(43)32-13-10-30(32)23-42-24-39(18-7-8-28-21-31(40)12-14-33(28)39)25-47-36-16-11-29(22-34(36)42)37(44)41-49(26,45)46/h9,11-12,14-16,21-22,26-27,30,32,35,43H,7-8,10,13,17-20,23-25H2,1-6H3,(H,41,44)/b15-9-/t26-,27-,30+,32-,35+,39+/m1/s1. The summed E-state index contributed by atoms with van der Waals surface area (Å²) in [4.78, 5) is 16.0. The molecule has 8 nitrogen and oxygen atoms in total. The van der Waals surface area contributed by atoms with Gasteiger partial charge in [-0.25, -0.2) is 13.1 Å². The molecule has 1 spiro atoms. The molecule has 0 aromatic heterocycles. The van der Waals surface area contributed by atoms with Gasteiger partial charge in [-0.2, -0.15) is 0 Å². The fraction of sp³-hybridized carbons (Fsp3) is 0.615. The number of benzene rings is 2. The van der Waals surface area contributed by atoms with Crippen molar-refractivity contribution in [2.24, 2.45) is 17.8 Å². The average molecular weight is 743 g/mol. The first-order valence-corrected chi connectivity index (χ1v) is 23.2. The molecular weight excluding hydrogens is 688 g/mol. The first-order valence-electron chi connectivity index (χ1n) is 18.3. The van der Waals surface area contributed by atoms with Crippen LogP contribution in [-0.2, 0) is 26.3 Å². The lowest BCUT2D eigenvalue weighted by Crippen LogP contribution is -2.49. The van der Waals surface area contributed by atoms with Crippen LogP contribution in [0.15, 0.2) is 48.6 Å². The van der Waals surface area contributed by atoms with Crippen molar-refractivity contribution in [3.05, 3.63) is 70.3 Å². The molecule has 0 unspecified atom stereocenters. The first kappa shape index (κ1) is 37.4. The number of anilines is 1. The molecule has 50 heavy (non-hydrogen) atoms. The summed E-state index contributed by atoms with van der Waals surface area (Å²) in [5, 5.41) is 11.5. The number of aryl methyl sites for hydroxylation is 1. The second-order valence-corrected chi connectivity index (χ2v) is 24.2. The summed E-state index contributed by atoms with van der Waals surface area (Å²) < 4.78 is 42.6. The van der Waals surface area contributed by atoms with E-state index in [1.54, 1.807) is 25.1 Å². The zero-order valence-corrected chi connectivity index (χ0v) is 33.1. The summed E-state index contributed by atoms with van der Waals surface area (Å²) in [6.45, 7) is 15.1. The number of amides is 1. The van der Waals surface area contributed by atoms with Crippen molar-refractivity contribution in [3.63, 3.8) is 0 Å². The number of carbonyl (C=O) groups is 1. The predicted molar refractivity (Wildman–Crippen MR) is 203 cm³/mol. The minimum atomic E-state index is -4.00. The number of aliphatic hydroxyl groups is 1. The molecule has 6 rings (SSSR count). The minimum Gasteiger partial charge on any atom is -0.490 e. The number of ether oxygens (including phenoxy) is 1. The lowest BCUT2D eigenvalue weighted by molar-refractivity contribution is 0.0453. The zero-order valence-electron chi connectivity index (χ0n) is 30.5. The van der Waals surface area contributed by atoms with E-state index in [1.807, 2.05) is 18.2 Å². The van der Waals surface area contributed by atoms with Gasteiger partial charge in [0.1, 0.15) is 5.75 Å². The van der Waals surface area contributed by atoms with Crippen molar-refractivity contribution in [2.45, 2.75) is 108 Å². The summed E-state index contributed by atoms with van der Waals surface area (Å²) in [6, 6.07) is 11.4. The normalized spacial score (nSPS) is 30.6. The third-order valence-corrected chi connectivity index (χ3v) is 18.9. The highest BCUT2D eigenvalue weighted by Crippen LogP contribution is 2.47. The van der Waals surface area contributed by atoms with E-state index in [0.717, 1.165) is 42.8 Å². The Bertz CT molecular complexity index is 1730. The van der Waals surface area contributed by atoms with Crippen molar-refractivity contribution < 1.29 is 27.5 Å². The Labute approximate surface area is 305 Å². The van der Waals surface area contributed by atoms with Gasteiger partial charge >= 0.3 is 0 Å². The molecule has 6 atom stereocenters. The van der Waals surface area contributed by atoms with Crippen LogP contribution in [0.5, 0.6) is 5.75 Å². The molecule has 2 aliphatic carbocycles. The SMILES string of the molecule is C[C@@H]1C[C@@H](CCO[Si](C)(C)C(C)(C)C)/C=C\[C@H](O)[C@@H]2CC[C@H]2CN2C[C@@]3(CCCc4cc(Cl)ccc43)COc3ccc(cc32)C(=O)NS1(=O)=O. The molecule has 2 N–H and O–H groups in total. The van der Waals surface area contributed by atoms with Crippen LogP contribution in [-0.4, -0.2) is 65.4 Å². The number of hydrogen-bond donors (Lipinski definition) is 2. The van der Waals surface area contributed by atoms with Gasteiger partial charge in [-0.1, -0.05) is 50.6 Å². The monoisotopic (exact) mass is 742 g/mol. The molecule has 4 aliphatic rings. The number of hydrogen-bond acceptors (Lipinski definition) is 7. The highest BCUT2D eigenvalue weighted by Gasteiger charge is 2.44. The lowest BCUT2D eigenvalue weighted by Gasteiger charge is -2.45. The molecule has 274 valence electrons. The van der Waals surface area contributed by atoms with Crippen molar-refractivity contribution in [1.29, 1.82) is 0 Å². The Hall–Kier alpha value is -2.37. The molecule has 11 heteroatoms. The number of nitrogens with zero attached hydrogens (tertiary/aromatic N) is 1. The number of fused-ring (bicyclic) bond motifs is 4. The lowest BCUT2D eigenvalue weighted by atomic mass is 9.68. The molecule has 1 amide bonds. The van der Waals surface area contributed by atoms with E-state index in [2.05, 4.69) is 55.6 Å². The summed E-state index contributed by atoms with van der Waals surface area (Å²) in [7, 11) is -6.00. The van der Waals surface area contributed by atoms with Crippen LogP contribution < -0.4 is 14.4 Å². The second-order valence-electron chi connectivity index (χ2n) is 16.8. The van der Waals surface area contributed by atoms with E-state index >= 15 is 0 Å². The van der Waals surface area contributed by atoms with Crippen LogP contribution in [0, 0.1) is 17.8 Å². The summed E-state index contributed by atoms with van der Waals surface area (Å²) in [6.07, 6.45) is 9.04. The Morgan fingerprint density at radius 2 is 1.92 bits per heavy atom.